The fourth-order valence-electron chi connectivity index (χ4n) is 2.22. The zero-order valence-corrected chi connectivity index (χ0v) is 14.9. The highest BCUT2D eigenvalue weighted by Crippen LogP contribution is 2.24. The molecule has 0 saturated carbocycles. The van der Waals surface area contributed by atoms with Gasteiger partial charge in [0.25, 0.3) is 0 Å². The Labute approximate surface area is 149 Å². The molecule has 0 unspecified atom stereocenters. The van der Waals surface area contributed by atoms with Crippen molar-refractivity contribution in [3.63, 3.8) is 0 Å². The molecule has 2 aromatic carbocycles. The van der Waals surface area contributed by atoms with E-state index < -0.39 is 0 Å². The van der Waals surface area contributed by atoms with Gasteiger partial charge < -0.3 is 10.6 Å². The summed E-state index contributed by atoms with van der Waals surface area (Å²) >= 11 is 6.92. The first kappa shape index (κ1) is 16.5. The molecule has 1 aromatic heterocycles. The first-order chi connectivity index (χ1) is 11.5. The summed E-state index contributed by atoms with van der Waals surface area (Å²) in [6, 6.07) is 12.8. The second-order valence-corrected chi connectivity index (χ2v) is 6.85. The first-order valence-corrected chi connectivity index (χ1v) is 8.67. The molecule has 6 heteroatoms. The zero-order chi connectivity index (χ0) is 17.1. The molecule has 0 aliphatic carbocycles. The summed E-state index contributed by atoms with van der Waals surface area (Å²) < 4.78 is 13.6. The van der Waals surface area contributed by atoms with Gasteiger partial charge >= 0.3 is 0 Å². The summed E-state index contributed by atoms with van der Waals surface area (Å²) in [5.41, 5.74) is 4.03. The normalized spacial score (nSPS) is 10.5. The van der Waals surface area contributed by atoms with Crippen molar-refractivity contribution in [1.82, 2.24) is 4.98 Å². The van der Waals surface area contributed by atoms with Crippen LogP contribution in [-0.2, 0) is 0 Å². The molecule has 0 radical (unpaired) electrons. The maximum atomic E-state index is 13.6. The van der Waals surface area contributed by atoms with E-state index >= 15 is 0 Å². The van der Waals surface area contributed by atoms with Gasteiger partial charge in [-0.15, -0.1) is 11.3 Å². The predicted octanol–water partition coefficient (Wildman–Crippen LogP) is 5.37. The molecule has 3 rings (SSSR count). The van der Waals surface area contributed by atoms with E-state index in [1.807, 2.05) is 36.6 Å². The van der Waals surface area contributed by atoms with Crippen LogP contribution in [0.25, 0.3) is 11.3 Å². The van der Waals surface area contributed by atoms with E-state index in [2.05, 4.69) is 15.6 Å². The Kier molecular flexibility index (Phi) is 4.87. The van der Waals surface area contributed by atoms with Gasteiger partial charge in [-0.3, -0.25) is 0 Å². The van der Waals surface area contributed by atoms with E-state index in [9.17, 15) is 4.39 Å². The maximum Gasteiger partial charge on any atom is 0.175 e. The first-order valence-electron chi connectivity index (χ1n) is 7.38. The Morgan fingerprint density at radius 2 is 1.83 bits per heavy atom. The van der Waals surface area contributed by atoms with Crippen LogP contribution in [-0.4, -0.2) is 10.1 Å². The highest BCUT2D eigenvalue weighted by atomic mass is 32.1. The van der Waals surface area contributed by atoms with Gasteiger partial charge in [0.1, 0.15) is 5.82 Å². The van der Waals surface area contributed by atoms with Crippen molar-refractivity contribution in [3.05, 3.63) is 64.2 Å². The van der Waals surface area contributed by atoms with E-state index in [1.165, 1.54) is 6.07 Å². The topological polar surface area (TPSA) is 37.0 Å². The van der Waals surface area contributed by atoms with Gasteiger partial charge in [0.15, 0.2) is 5.11 Å². The van der Waals surface area contributed by atoms with Crippen molar-refractivity contribution in [2.75, 3.05) is 10.6 Å². The van der Waals surface area contributed by atoms with Crippen LogP contribution >= 0.6 is 23.6 Å². The number of thiazole rings is 1. The number of aromatic nitrogens is 1. The number of benzene rings is 2. The zero-order valence-electron chi connectivity index (χ0n) is 13.3. The molecular weight excluding hydrogens is 341 g/mol. The fraction of sp³-hybridized carbons (Fsp3) is 0.111. The molecule has 24 heavy (non-hydrogen) atoms. The lowest BCUT2D eigenvalue weighted by Gasteiger charge is -2.12. The van der Waals surface area contributed by atoms with Crippen LogP contribution in [0.1, 0.15) is 10.6 Å². The monoisotopic (exact) mass is 357 g/mol. The largest absolute Gasteiger partial charge is 0.332 e. The lowest BCUT2D eigenvalue weighted by Crippen LogP contribution is -2.19. The highest BCUT2D eigenvalue weighted by molar-refractivity contribution is 7.80. The number of nitrogens with one attached hydrogen (secondary N) is 2. The minimum Gasteiger partial charge on any atom is -0.332 e. The molecule has 3 aromatic rings. The Hall–Kier alpha value is -2.31. The molecule has 3 nitrogen and oxygen atoms in total. The van der Waals surface area contributed by atoms with Crippen molar-refractivity contribution in [2.45, 2.75) is 13.8 Å². The van der Waals surface area contributed by atoms with Crippen LogP contribution in [0.4, 0.5) is 15.8 Å². The molecule has 0 atom stereocenters. The van der Waals surface area contributed by atoms with Crippen molar-refractivity contribution in [1.29, 1.82) is 0 Å². The second-order valence-electron chi connectivity index (χ2n) is 5.38. The van der Waals surface area contributed by atoms with Gasteiger partial charge in [-0.25, -0.2) is 9.37 Å². The number of rotatable bonds is 3. The summed E-state index contributed by atoms with van der Waals surface area (Å²) in [6.07, 6.45) is 0. The second kappa shape index (κ2) is 7.07. The standard InChI is InChI=1S/C18H16FN3S2/c1-11-6-7-15(9-16(11)19)22-18(23)21-14-5-3-4-13(8-14)17-10-24-12(2)20-17/h3-10H,1-2H3,(H2,21,22,23). The third-order valence-corrected chi connectivity index (χ3v) is 4.44. The Morgan fingerprint density at radius 3 is 2.50 bits per heavy atom. The average molecular weight is 357 g/mol. The lowest BCUT2D eigenvalue weighted by molar-refractivity contribution is 0.619. The summed E-state index contributed by atoms with van der Waals surface area (Å²) in [5.74, 6) is -0.260. The summed E-state index contributed by atoms with van der Waals surface area (Å²) in [6.45, 7) is 3.71. The molecule has 0 fully saturated rings. The van der Waals surface area contributed by atoms with Crippen molar-refractivity contribution >= 4 is 40.0 Å². The molecule has 0 saturated heterocycles. The number of hydrogen-bond acceptors (Lipinski definition) is 3. The summed E-state index contributed by atoms with van der Waals surface area (Å²) in [5, 5.41) is 9.57. The van der Waals surface area contributed by atoms with E-state index in [0.717, 1.165) is 22.0 Å². The van der Waals surface area contributed by atoms with Crippen LogP contribution in [0, 0.1) is 19.7 Å². The number of halogens is 1. The predicted molar refractivity (Wildman–Crippen MR) is 103 cm³/mol. The molecule has 0 aliphatic rings. The molecule has 2 N–H and O–H groups in total. The van der Waals surface area contributed by atoms with Gasteiger partial charge in [0.05, 0.1) is 10.7 Å². The molecule has 1 heterocycles. The number of nitrogens with zero attached hydrogens (tertiary/aromatic N) is 1. The van der Waals surface area contributed by atoms with Gasteiger partial charge in [-0.05, 0) is 55.9 Å². The third kappa shape index (κ3) is 3.96. The van der Waals surface area contributed by atoms with Gasteiger partial charge in [-0.2, -0.15) is 0 Å². The molecule has 0 spiro atoms. The van der Waals surface area contributed by atoms with Crippen LogP contribution in [0.5, 0.6) is 0 Å². The number of thiocarbonyl (C=S) groups is 1. The average Bonchev–Trinajstić information content (AvgIpc) is 2.98. The Balaban J connectivity index is 1.71. The molecule has 0 aliphatic heterocycles. The minimum absolute atomic E-state index is 0.260. The maximum absolute atomic E-state index is 13.6. The summed E-state index contributed by atoms with van der Waals surface area (Å²) in [4.78, 5) is 4.49. The Bertz CT molecular complexity index is 889. The van der Waals surface area contributed by atoms with E-state index in [1.54, 1.807) is 30.4 Å². The van der Waals surface area contributed by atoms with E-state index in [-0.39, 0.29) is 5.82 Å². The lowest BCUT2D eigenvalue weighted by atomic mass is 10.1. The van der Waals surface area contributed by atoms with E-state index in [0.29, 0.717) is 16.4 Å². The van der Waals surface area contributed by atoms with Crippen LogP contribution in [0.3, 0.4) is 0 Å². The smallest absolute Gasteiger partial charge is 0.175 e. The fourth-order valence-corrected chi connectivity index (χ4v) is 3.07. The number of anilines is 2. The van der Waals surface area contributed by atoms with Crippen LogP contribution < -0.4 is 10.6 Å². The van der Waals surface area contributed by atoms with Gasteiger partial charge in [-0.1, -0.05) is 18.2 Å². The number of aryl methyl sites for hydroxylation is 2. The quantitative estimate of drug-likeness (QED) is 0.618. The summed E-state index contributed by atoms with van der Waals surface area (Å²) in [7, 11) is 0. The van der Waals surface area contributed by atoms with Gasteiger partial charge in [0, 0.05) is 22.3 Å². The Morgan fingerprint density at radius 1 is 1.08 bits per heavy atom. The molecule has 122 valence electrons. The van der Waals surface area contributed by atoms with Crippen molar-refractivity contribution < 1.29 is 4.39 Å². The minimum atomic E-state index is -0.260. The SMILES string of the molecule is Cc1nc(-c2cccc(NC(=S)Nc3ccc(C)c(F)c3)c2)cs1. The molecular formula is C18H16FN3S2. The van der Waals surface area contributed by atoms with Gasteiger partial charge in [0.2, 0.25) is 0 Å². The molecule has 0 bridgehead atoms. The van der Waals surface area contributed by atoms with E-state index in [4.69, 9.17) is 12.2 Å². The van der Waals surface area contributed by atoms with Crippen LogP contribution in [0.15, 0.2) is 47.8 Å². The van der Waals surface area contributed by atoms with Crippen molar-refractivity contribution in [2.24, 2.45) is 0 Å². The number of hydrogen-bond donors (Lipinski definition) is 2. The molecule has 0 amide bonds. The van der Waals surface area contributed by atoms with Crippen LogP contribution in [0.2, 0.25) is 0 Å². The van der Waals surface area contributed by atoms with Crippen molar-refractivity contribution in [3.8, 4) is 11.3 Å². The third-order valence-electron chi connectivity index (χ3n) is 3.46. The highest BCUT2D eigenvalue weighted by Gasteiger charge is 2.05.